The second-order valence-corrected chi connectivity index (χ2v) is 4.40. The minimum absolute atomic E-state index is 0.230. The molecule has 4 nitrogen and oxygen atoms in total. The van der Waals surface area contributed by atoms with E-state index in [1.165, 1.54) is 0 Å². The molecule has 2 bridgehead atoms. The third-order valence-corrected chi connectivity index (χ3v) is 3.47. The minimum Gasteiger partial charge on any atom is -0.419 e. The van der Waals surface area contributed by atoms with E-state index >= 15 is 0 Å². The van der Waals surface area contributed by atoms with Gasteiger partial charge in [-0.05, 0) is 12.8 Å². The van der Waals surface area contributed by atoms with Crippen molar-refractivity contribution in [2.24, 2.45) is 11.8 Å². The van der Waals surface area contributed by atoms with Crippen molar-refractivity contribution in [1.82, 2.24) is 4.90 Å². The van der Waals surface area contributed by atoms with Crippen LogP contribution in [0.25, 0.3) is 0 Å². The summed E-state index contributed by atoms with van der Waals surface area (Å²) in [6.07, 6.45) is 3.77. The molecule has 15 heavy (non-hydrogen) atoms. The molecule has 2 fully saturated rings. The standard InChI is InChI=1S/C11H17NO3/c1-2-15-11(14)12-6-8-4-3-5-9(7-12)10(8)13/h2,8-10,13H,1,3-7H2/t8-,9+,10?. The van der Waals surface area contributed by atoms with E-state index in [0.717, 1.165) is 25.5 Å². The van der Waals surface area contributed by atoms with Crippen LogP contribution in [0.15, 0.2) is 12.8 Å². The number of aliphatic hydroxyl groups is 1. The Bertz CT molecular complexity index is 253. The first kappa shape index (κ1) is 10.5. The Kier molecular flexibility index (Phi) is 2.95. The van der Waals surface area contributed by atoms with Crippen LogP contribution in [-0.4, -0.2) is 35.3 Å². The number of hydrogen-bond acceptors (Lipinski definition) is 3. The molecule has 1 saturated heterocycles. The van der Waals surface area contributed by atoms with Crippen LogP contribution >= 0.6 is 0 Å². The maximum atomic E-state index is 11.5. The zero-order chi connectivity index (χ0) is 10.8. The van der Waals surface area contributed by atoms with Gasteiger partial charge in [-0.2, -0.15) is 0 Å². The van der Waals surface area contributed by atoms with Gasteiger partial charge in [0.2, 0.25) is 0 Å². The molecular weight excluding hydrogens is 194 g/mol. The van der Waals surface area contributed by atoms with Gasteiger partial charge in [-0.1, -0.05) is 13.0 Å². The van der Waals surface area contributed by atoms with Crippen LogP contribution in [0.4, 0.5) is 4.79 Å². The molecule has 0 spiro atoms. The lowest BCUT2D eigenvalue weighted by Gasteiger charge is -2.44. The monoisotopic (exact) mass is 211 g/mol. The van der Waals surface area contributed by atoms with Gasteiger partial charge in [-0.25, -0.2) is 4.79 Å². The molecule has 0 aromatic heterocycles. The van der Waals surface area contributed by atoms with E-state index in [-0.39, 0.29) is 24.0 Å². The largest absolute Gasteiger partial charge is 0.419 e. The van der Waals surface area contributed by atoms with E-state index in [4.69, 9.17) is 4.74 Å². The lowest BCUT2D eigenvalue weighted by Crippen LogP contribution is -2.53. The van der Waals surface area contributed by atoms with Crippen molar-refractivity contribution in [3.8, 4) is 0 Å². The van der Waals surface area contributed by atoms with Crippen LogP contribution in [0, 0.1) is 11.8 Å². The first-order valence-electron chi connectivity index (χ1n) is 5.47. The summed E-state index contributed by atoms with van der Waals surface area (Å²) in [4.78, 5) is 13.2. The summed E-state index contributed by atoms with van der Waals surface area (Å²) in [6, 6.07) is 0. The molecule has 1 N–H and O–H groups in total. The molecule has 1 amide bonds. The highest BCUT2D eigenvalue weighted by Gasteiger charge is 2.40. The summed E-state index contributed by atoms with van der Waals surface area (Å²) >= 11 is 0. The second-order valence-electron chi connectivity index (χ2n) is 4.40. The van der Waals surface area contributed by atoms with Crippen molar-refractivity contribution in [1.29, 1.82) is 0 Å². The average Bonchev–Trinajstić information content (AvgIpc) is 2.17. The topological polar surface area (TPSA) is 49.8 Å². The Morgan fingerprint density at radius 2 is 2.00 bits per heavy atom. The van der Waals surface area contributed by atoms with Crippen LogP contribution in [0.1, 0.15) is 19.3 Å². The van der Waals surface area contributed by atoms with Gasteiger partial charge in [-0.15, -0.1) is 0 Å². The van der Waals surface area contributed by atoms with Crippen molar-refractivity contribution in [2.45, 2.75) is 25.4 Å². The number of hydrogen-bond donors (Lipinski definition) is 1. The lowest BCUT2D eigenvalue weighted by molar-refractivity contribution is -0.0429. The SMILES string of the molecule is C=COC(=O)N1C[C@H]2CCC[C@@H](C1)C2O. The molecule has 1 aliphatic carbocycles. The molecule has 0 aromatic rings. The number of ether oxygens (including phenoxy) is 1. The van der Waals surface area contributed by atoms with Gasteiger partial charge in [0.05, 0.1) is 12.4 Å². The van der Waals surface area contributed by atoms with E-state index in [0.29, 0.717) is 13.1 Å². The van der Waals surface area contributed by atoms with E-state index in [1.807, 2.05) is 0 Å². The fourth-order valence-electron chi connectivity index (χ4n) is 2.70. The lowest BCUT2D eigenvalue weighted by atomic mass is 9.75. The third kappa shape index (κ3) is 2.00. The molecular formula is C11H17NO3. The zero-order valence-corrected chi connectivity index (χ0v) is 8.76. The Balaban J connectivity index is 2.00. The number of amides is 1. The zero-order valence-electron chi connectivity index (χ0n) is 8.76. The molecule has 84 valence electrons. The molecule has 1 saturated carbocycles. The molecule has 1 unspecified atom stereocenters. The summed E-state index contributed by atoms with van der Waals surface area (Å²) in [5.74, 6) is 0.463. The molecule has 3 atom stereocenters. The average molecular weight is 211 g/mol. The maximum absolute atomic E-state index is 11.5. The van der Waals surface area contributed by atoms with Gasteiger partial charge < -0.3 is 14.7 Å². The van der Waals surface area contributed by atoms with Crippen molar-refractivity contribution in [3.63, 3.8) is 0 Å². The summed E-state index contributed by atoms with van der Waals surface area (Å²) < 4.78 is 4.75. The quantitative estimate of drug-likeness (QED) is 0.666. The normalized spacial score (nSPS) is 34.7. The first-order chi connectivity index (χ1) is 7.22. The predicted molar refractivity (Wildman–Crippen MR) is 55.1 cm³/mol. The minimum atomic E-state index is -0.339. The molecule has 2 rings (SSSR count). The van der Waals surface area contributed by atoms with Crippen molar-refractivity contribution in [3.05, 3.63) is 12.8 Å². The summed E-state index contributed by atoms with van der Waals surface area (Å²) in [5, 5.41) is 9.92. The number of piperidine rings is 1. The number of rotatable bonds is 1. The van der Waals surface area contributed by atoms with E-state index < -0.39 is 0 Å². The highest BCUT2D eigenvalue weighted by molar-refractivity contribution is 5.68. The fraction of sp³-hybridized carbons (Fsp3) is 0.727. The molecule has 4 heteroatoms. The first-order valence-corrected chi connectivity index (χ1v) is 5.47. The highest BCUT2D eigenvalue weighted by Crippen LogP contribution is 2.34. The Morgan fingerprint density at radius 3 is 2.53 bits per heavy atom. The van der Waals surface area contributed by atoms with Crippen LogP contribution < -0.4 is 0 Å². The highest BCUT2D eigenvalue weighted by atomic mass is 16.5. The molecule has 1 aliphatic heterocycles. The van der Waals surface area contributed by atoms with Gasteiger partial charge >= 0.3 is 6.09 Å². The van der Waals surface area contributed by atoms with Gasteiger partial charge in [-0.3, -0.25) is 0 Å². The van der Waals surface area contributed by atoms with Gasteiger partial charge in [0, 0.05) is 24.9 Å². The van der Waals surface area contributed by atoms with Crippen molar-refractivity contribution in [2.75, 3.05) is 13.1 Å². The number of likely N-dealkylation sites (tertiary alicyclic amines) is 1. The summed E-state index contributed by atoms with van der Waals surface area (Å²) in [6.45, 7) is 4.59. The number of carbonyl (C=O) groups excluding carboxylic acids is 1. The Hall–Kier alpha value is -1.03. The maximum Gasteiger partial charge on any atom is 0.414 e. The van der Waals surface area contributed by atoms with Crippen molar-refractivity contribution < 1.29 is 14.6 Å². The van der Waals surface area contributed by atoms with Crippen LogP contribution in [-0.2, 0) is 4.74 Å². The summed E-state index contributed by atoms with van der Waals surface area (Å²) in [7, 11) is 0. The van der Waals surface area contributed by atoms with Gasteiger partial charge in [0.25, 0.3) is 0 Å². The molecule has 0 radical (unpaired) electrons. The predicted octanol–water partition coefficient (Wildman–Crippen LogP) is 1.36. The van der Waals surface area contributed by atoms with Crippen molar-refractivity contribution >= 4 is 6.09 Å². The van der Waals surface area contributed by atoms with E-state index in [1.54, 1.807) is 4.90 Å². The molecule has 2 aliphatic rings. The number of carbonyl (C=O) groups is 1. The van der Waals surface area contributed by atoms with Gasteiger partial charge in [0.1, 0.15) is 0 Å². The van der Waals surface area contributed by atoms with Crippen LogP contribution in [0.5, 0.6) is 0 Å². The Labute approximate surface area is 89.5 Å². The van der Waals surface area contributed by atoms with E-state index in [9.17, 15) is 9.90 Å². The Morgan fingerprint density at radius 1 is 1.40 bits per heavy atom. The van der Waals surface area contributed by atoms with Gasteiger partial charge in [0.15, 0.2) is 0 Å². The molecule has 0 aromatic carbocycles. The second kappa shape index (κ2) is 4.23. The van der Waals surface area contributed by atoms with Crippen LogP contribution in [0.2, 0.25) is 0 Å². The number of fused-ring (bicyclic) bond motifs is 2. The molecule has 1 heterocycles. The number of nitrogens with zero attached hydrogens (tertiary/aromatic N) is 1. The smallest absolute Gasteiger partial charge is 0.414 e. The van der Waals surface area contributed by atoms with E-state index in [2.05, 4.69) is 6.58 Å². The fourth-order valence-corrected chi connectivity index (χ4v) is 2.70. The summed E-state index contributed by atoms with van der Waals surface area (Å²) in [5.41, 5.74) is 0. The number of aliphatic hydroxyl groups excluding tert-OH is 1. The third-order valence-electron chi connectivity index (χ3n) is 3.47. The van der Waals surface area contributed by atoms with Crippen LogP contribution in [0.3, 0.4) is 0 Å².